The van der Waals surface area contributed by atoms with Crippen molar-refractivity contribution in [1.82, 2.24) is 4.57 Å². The summed E-state index contributed by atoms with van der Waals surface area (Å²) in [6.07, 6.45) is 0. The molecule has 558 valence electrons. The molecule has 0 atom stereocenters. The van der Waals surface area contributed by atoms with E-state index < -0.39 is 13.4 Å². The molecule has 0 saturated heterocycles. The van der Waals surface area contributed by atoms with Gasteiger partial charge in [-0.1, -0.05) is 367 Å². The molecule has 0 N–H and O–H groups in total. The van der Waals surface area contributed by atoms with Crippen LogP contribution in [0.15, 0.2) is 413 Å². The number of fused-ring (bicyclic) bond motifs is 12. The summed E-state index contributed by atoms with van der Waals surface area (Å²) in [5.41, 5.74) is 36.6. The highest BCUT2D eigenvalue weighted by molar-refractivity contribution is 7.03. The quantitative estimate of drug-likeness (QED) is 0.114. The van der Waals surface area contributed by atoms with E-state index in [1.54, 1.807) is 0 Å². The molecule has 5 nitrogen and oxygen atoms in total. The van der Waals surface area contributed by atoms with Gasteiger partial charge in [0.15, 0.2) is 0 Å². The first-order valence-corrected chi connectivity index (χ1v) is 41.3. The molecule has 7 heteroatoms. The van der Waals surface area contributed by atoms with E-state index in [2.05, 4.69) is 448 Å². The zero-order chi connectivity index (χ0) is 79.0. The van der Waals surface area contributed by atoms with Gasteiger partial charge in [-0.3, -0.25) is 0 Å². The molecule has 119 heavy (non-hydrogen) atoms. The zero-order valence-electron chi connectivity index (χ0n) is 66.1. The Balaban J connectivity index is 0.884. The zero-order valence-corrected chi connectivity index (χ0v) is 66.1. The minimum atomic E-state index is -0.461. The van der Waals surface area contributed by atoms with Crippen LogP contribution in [-0.2, 0) is 5.41 Å². The van der Waals surface area contributed by atoms with Crippen LogP contribution in [0.3, 0.4) is 0 Å². The fraction of sp³-hybridized carbons (Fsp3) is 0.0357. The maximum atomic E-state index is 8.50. The van der Waals surface area contributed by atoms with Crippen LogP contribution in [0, 0.1) is 0 Å². The average Bonchev–Trinajstić information content (AvgIpc) is 0.942. The number of rotatable bonds is 12. The second-order valence-electron chi connectivity index (χ2n) is 32.9. The molecule has 4 aliphatic rings. The third kappa shape index (κ3) is 11.5. The van der Waals surface area contributed by atoms with E-state index in [0.717, 1.165) is 207 Å². The van der Waals surface area contributed by atoms with Crippen molar-refractivity contribution in [2.75, 3.05) is 9.80 Å². The highest BCUT2D eigenvalue weighted by Crippen LogP contribution is 2.56. The molecule has 0 amide bonds. The number of nitrogens with zero attached hydrogens (tertiary/aromatic N) is 3. The van der Waals surface area contributed by atoms with Gasteiger partial charge in [-0.15, -0.1) is 0 Å². The lowest BCUT2D eigenvalue weighted by Crippen LogP contribution is -2.65. The highest BCUT2D eigenvalue weighted by atomic mass is 16.5. The lowest BCUT2D eigenvalue weighted by molar-refractivity contribution is 0.468. The van der Waals surface area contributed by atoms with Gasteiger partial charge in [0.2, 0.25) is 0 Å². The lowest BCUT2D eigenvalue weighted by Gasteiger charge is -2.48. The van der Waals surface area contributed by atoms with Crippen molar-refractivity contribution in [3.8, 4) is 129 Å². The SMILES string of the molecule is CC(C)(C)c1cc2c3c(c1)N(c1c(-c4ccccc4)cccc1-c1ccccc1)c1cc4c5c(c1B3c1ccc(-c3ccccc3)cc1N2c1c(-c2ccccc2)cccc1-c1ccccc1)Oc1cc(-n2c3ccccc3c3ccccc32)ccc1B5c1cc(-c2cccc(-c3ccccc3)c2)cc(-c2cccc(-c3ccccc3)c2)c1O4. The number of hydrogen-bond acceptors (Lipinski definition) is 4. The summed E-state index contributed by atoms with van der Waals surface area (Å²) in [7, 11) is 0. The van der Waals surface area contributed by atoms with Gasteiger partial charge in [0.05, 0.1) is 22.4 Å². The Kier molecular flexibility index (Phi) is 16.3. The van der Waals surface area contributed by atoms with E-state index in [-0.39, 0.29) is 5.41 Å². The van der Waals surface area contributed by atoms with E-state index >= 15 is 0 Å². The summed E-state index contributed by atoms with van der Waals surface area (Å²) < 4.78 is 19.2. The molecule has 0 saturated carbocycles. The van der Waals surface area contributed by atoms with Gasteiger partial charge < -0.3 is 23.8 Å². The van der Waals surface area contributed by atoms with Crippen molar-refractivity contribution in [3.05, 3.63) is 418 Å². The van der Waals surface area contributed by atoms with Crippen LogP contribution in [0.1, 0.15) is 26.3 Å². The van der Waals surface area contributed by atoms with Crippen molar-refractivity contribution in [2.45, 2.75) is 26.2 Å². The Morgan fingerprint density at radius 3 is 1.13 bits per heavy atom. The van der Waals surface area contributed by atoms with Crippen LogP contribution in [-0.4, -0.2) is 18.0 Å². The minimum absolute atomic E-state index is 0.383. The van der Waals surface area contributed by atoms with Crippen molar-refractivity contribution in [3.63, 3.8) is 0 Å². The van der Waals surface area contributed by atoms with Crippen molar-refractivity contribution in [1.29, 1.82) is 0 Å². The third-order valence-corrected chi connectivity index (χ3v) is 25.0. The van der Waals surface area contributed by atoms with Crippen LogP contribution < -0.4 is 52.1 Å². The molecule has 19 aromatic rings. The summed E-state index contributed by atoms with van der Waals surface area (Å²) in [5, 5.41) is 2.38. The normalized spacial score (nSPS) is 12.7. The Bertz CT molecular complexity index is 7100. The first-order valence-electron chi connectivity index (χ1n) is 41.3. The molecule has 4 aliphatic heterocycles. The number of benzene rings is 18. The van der Waals surface area contributed by atoms with Gasteiger partial charge in [0.25, 0.3) is 13.4 Å². The molecule has 23 rings (SSSR count). The molecule has 1 aromatic heterocycles. The molecule has 0 unspecified atom stereocenters. The van der Waals surface area contributed by atoms with E-state index in [4.69, 9.17) is 9.47 Å². The number of aromatic nitrogens is 1. The Morgan fingerprint density at radius 1 is 0.235 bits per heavy atom. The smallest absolute Gasteiger partial charge is 0.260 e. The van der Waals surface area contributed by atoms with Gasteiger partial charge in [0.1, 0.15) is 23.0 Å². The van der Waals surface area contributed by atoms with Gasteiger partial charge in [-0.05, 0) is 165 Å². The summed E-state index contributed by atoms with van der Waals surface area (Å²) in [4.78, 5) is 5.32. The maximum absolute atomic E-state index is 8.50. The third-order valence-electron chi connectivity index (χ3n) is 25.0. The molecule has 0 radical (unpaired) electrons. The first kappa shape index (κ1) is 69.6. The predicted molar refractivity (Wildman–Crippen MR) is 500 cm³/mol. The van der Waals surface area contributed by atoms with Gasteiger partial charge in [-0.25, -0.2) is 0 Å². The van der Waals surface area contributed by atoms with E-state index in [1.807, 2.05) is 0 Å². The van der Waals surface area contributed by atoms with Crippen LogP contribution in [0.4, 0.5) is 34.1 Å². The Labute approximate surface area is 694 Å². The molecule has 0 fully saturated rings. The first-order chi connectivity index (χ1) is 58.7. The summed E-state index contributed by atoms with van der Waals surface area (Å²) >= 11 is 0. The van der Waals surface area contributed by atoms with E-state index in [1.165, 1.54) is 16.3 Å². The molecular formula is C112H77B2N3O2. The summed E-state index contributed by atoms with van der Waals surface area (Å²) in [6, 6.07) is 153. The minimum Gasteiger partial charge on any atom is -0.459 e. The molecule has 0 aliphatic carbocycles. The van der Waals surface area contributed by atoms with E-state index in [9.17, 15) is 0 Å². The summed E-state index contributed by atoms with van der Waals surface area (Å²) in [6.45, 7) is 6.23. The Morgan fingerprint density at radius 2 is 0.630 bits per heavy atom. The topological polar surface area (TPSA) is 29.9 Å². The van der Waals surface area contributed by atoms with Gasteiger partial charge in [-0.2, -0.15) is 0 Å². The van der Waals surface area contributed by atoms with E-state index in [0.29, 0.717) is 0 Å². The molecule has 0 bridgehead atoms. The summed E-state index contributed by atoms with van der Waals surface area (Å²) in [5.74, 6) is 3.08. The molecular weight excluding hydrogens is 1440 g/mol. The van der Waals surface area contributed by atoms with Crippen LogP contribution in [0.5, 0.6) is 23.0 Å². The number of para-hydroxylation sites is 4. The van der Waals surface area contributed by atoms with Gasteiger partial charge in [0, 0.05) is 84.6 Å². The number of ether oxygens (including phenoxy) is 2. The standard InChI is InChI=1S/C112H77B2N3O2/c1-112(2,3)85-68-100-105-101(69-85)117(109-89(77-43-21-9-22-44-77)55-32-56-90(109)78-45-23-10-24-46-78)102-71-104-107-111(106(102)114(105)94-61-59-82(74-37-15-6-16-38-74)67-99(94)116(100)108-87(75-39-17-7-18-40-75)53-31-54-88(108)76-41-19-8-20-42-76)118-103-70-86(115-97-57-27-25-51-91(97)92-52-26-28-58-98(92)115)60-62-95(103)113(107)96-66-84(81-49-29-47-79(63-81)72-33-11-4-12-34-72)65-93(110(96)119-104)83-50-30-48-80(64-83)73-35-13-5-14-36-73/h4-71H,1-3H3. The second-order valence-corrected chi connectivity index (χ2v) is 32.9. The predicted octanol–water partition coefficient (Wildman–Crippen LogP) is 25.9. The fourth-order valence-corrected chi connectivity index (χ4v) is 19.5. The van der Waals surface area contributed by atoms with Crippen LogP contribution in [0.25, 0.3) is 128 Å². The Hall–Kier alpha value is -14.9. The lowest BCUT2D eigenvalue weighted by atomic mass is 9.30. The second kappa shape index (κ2) is 27.9. The van der Waals surface area contributed by atoms with Gasteiger partial charge >= 0.3 is 0 Å². The highest BCUT2D eigenvalue weighted by Gasteiger charge is 2.52. The fourth-order valence-electron chi connectivity index (χ4n) is 19.5. The molecule has 18 aromatic carbocycles. The largest absolute Gasteiger partial charge is 0.459 e. The van der Waals surface area contributed by atoms with Crippen LogP contribution in [0.2, 0.25) is 0 Å². The molecule has 0 spiro atoms. The maximum Gasteiger partial charge on any atom is 0.260 e. The average molecular weight is 1520 g/mol. The van der Waals surface area contributed by atoms with Crippen molar-refractivity contribution in [2.24, 2.45) is 0 Å². The number of anilines is 6. The monoisotopic (exact) mass is 1520 g/mol. The molecule has 5 heterocycles. The van der Waals surface area contributed by atoms with Crippen molar-refractivity contribution < 1.29 is 9.47 Å². The van der Waals surface area contributed by atoms with Crippen LogP contribution >= 0.6 is 0 Å². The van der Waals surface area contributed by atoms with Crippen molar-refractivity contribution >= 4 is 102 Å². The number of hydrogen-bond donors (Lipinski definition) is 0.